The number of hydrogen-bond acceptors (Lipinski definition) is 2. The van der Waals surface area contributed by atoms with Crippen LogP contribution in [-0.4, -0.2) is 12.6 Å². The summed E-state index contributed by atoms with van der Waals surface area (Å²) in [4.78, 5) is 10.8. The van der Waals surface area contributed by atoms with Crippen molar-refractivity contribution < 1.29 is 9.53 Å². The van der Waals surface area contributed by atoms with Crippen molar-refractivity contribution in [3.8, 4) is 0 Å². The first-order chi connectivity index (χ1) is 5.16. The summed E-state index contributed by atoms with van der Waals surface area (Å²) in [7, 11) is 0. The van der Waals surface area contributed by atoms with E-state index in [1.54, 1.807) is 0 Å². The molecule has 0 fully saturated rings. The Morgan fingerprint density at radius 3 is 2.55 bits per heavy atom. The van der Waals surface area contributed by atoms with Crippen molar-refractivity contribution in [1.82, 2.24) is 0 Å². The van der Waals surface area contributed by atoms with Crippen LogP contribution >= 0.6 is 0 Å². The third-order valence-electron chi connectivity index (χ3n) is 1.14. The molecule has 0 aromatic heterocycles. The summed E-state index contributed by atoms with van der Waals surface area (Å²) >= 11 is 0. The van der Waals surface area contributed by atoms with Crippen LogP contribution in [0.5, 0.6) is 0 Å². The molecule has 0 aromatic rings. The minimum atomic E-state index is -0.131. The normalized spacial score (nSPS) is 9.00. The first kappa shape index (κ1) is 10.2. The fourth-order valence-corrected chi connectivity index (χ4v) is 0.562. The van der Waals surface area contributed by atoms with Gasteiger partial charge in [0.15, 0.2) is 0 Å². The maximum absolute atomic E-state index is 10.8. The minimum absolute atomic E-state index is 0.131. The Morgan fingerprint density at radius 2 is 2.09 bits per heavy atom. The molecule has 0 N–H and O–H groups in total. The zero-order valence-corrected chi connectivity index (χ0v) is 7.52. The maximum atomic E-state index is 10.8. The zero-order valence-electron chi connectivity index (χ0n) is 7.52. The molecule has 0 unspecified atom stereocenters. The number of hydrogen-bond donors (Lipinski definition) is 0. The highest BCUT2D eigenvalue weighted by Crippen LogP contribution is 1.95. The van der Waals surface area contributed by atoms with Gasteiger partial charge in [0.05, 0.1) is 13.0 Å². The quantitative estimate of drug-likeness (QED) is 0.461. The second kappa shape index (κ2) is 5.96. The van der Waals surface area contributed by atoms with Crippen molar-refractivity contribution in [2.75, 3.05) is 6.61 Å². The van der Waals surface area contributed by atoms with Crippen LogP contribution < -0.4 is 0 Å². The van der Waals surface area contributed by atoms with Crippen LogP contribution in [0.3, 0.4) is 0 Å². The Bertz CT molecular complexity index is 144. The number of esters is 1. The fraction of sp³-hybridized carbons (Fsp3) is 0.667. The van der Waals surface area contributed by atoms with Crippen LogP contribution in [0.15, 0.2) is 11.6 Å². The molecule has 0 saturated heterocycles. The lowest BCUT2D eigenvalue weighted by Crippen LogP contribution is -2.03. The van der Waals surface area contributed by atoms with Crippen molar-refractivity contribution in [2.24, 2.45) is 0 Å². The van der Waals surface area contributed by atoms with E-state index in [1.165, 1.54) is 0 Å². The molecule has 0 aliphatic rings. The van der Waals surface area contributed by atoms with Crippen LogP contribution in [-0.2, 0) is 9.53 Å². The average molecular weight is 156 g/mol. The highest BCUT2D eigenvalue weighted by atomic mass is 16.5. The summed E-state index contributed by atoms with van der Waals surface area (Å²) < 4.78 is 4.86. The van der Waals surface area contributed by atoms with Crippen molar-refractivity contribution in [3.05, 3.63) is 11.6 Å². The average Bonchev–Trinajstić information content (AvgIpc) is 1.97. The van der Waals surface area contributed by atoms with Gasteiger partial charge in [0.25, 0.3) is 0 Å². The van der Waals surface area contributed by atoms with Crippen LogP contribution in [0.2, 0.25) is 0 Å². The second-order valence-electron chi connectivity index (χ2n) is 2.71. The molecule has 11 heavy (non-hydrogen) atoms. The van der Waals surface area contributed by atoms with E-state index >= 15 is 0 Å². The summed E-state index contributed by atoms with van der Waals surface area (Å²) in [6.45, 7) is 6.45. The molecule has 2 heteroatoms. The highest BCUT2D eigenvalue weighted by Gasteiger charge is 1.97. The molecule has 0 radical (unpaired) electrons. The van der Waals surface area contributed by atoms with Crippen molar-refractivity contribution in [1.29, 1.82) is 0 Å². The van der Waals surface area contributed by atoms with Gasteiger partial charge in [-0.3, -0.25) is 4.79 Å². The Hall–Kier alpha value is -0.790. The molecule has 2 nitrogen and oxygen atoms in total. The Labute approximate surface area is 68.2 Å². The van der Waals surface area contributed by atoms with E-state index in [0.29, 0.717) is 13.0 Å². The molecule has 0 rings (SSSR count). The molecule has 0 atom stereocenters. The first-order valence-corrected chi connectivity index (χ1v) is 3.95. The number of carbonyl (C=O) groups excluding carboxylic acids is 1. The summed E-state index contributed by atoms with van der Waals surface area (Å²) in [5.41, 5.74) is 1.15. The van der Waals surface area contributed by atoms with E-state index in [1.807, 2.05) is 26.8 Å². The fourth-order valence-electron chi connectivity index (χ4n) is 0.562. The lowest BCUT2D eigenvalue weighted by molar-refractivity contribution is -0.142. The highest BCUT2D eigenvalue weighted by molar-refractivity contribution is 5.71. The van der Waals surface area contributed by atoms with Crippen LogP contribution in [0.4, 0.5) is 0 Å². The molecule has 0 aliphatic heterocycles. The summed E-state index contributed by atoms with van der Waals surface area (Å²) in [6.07, 6.45) is 3.17. The van der Waals surface area contributed by atoms with Gasteiger partial charge in [-0.2, -0.15) is 0 Å². The minimum Gasteiger partial charge on any atom is -0.465 e. The van der Waals surface area contributed by atoms with Gasteiger partial charge in [-0.05, 0) is 20.3 Å². The topological polar surface area (TPSA) is 26.3 Å². The van der Waals surface area contributed by atoms with Crippen molar-refractivity contribution in [3.63, 3.8) is 0 Å². The second-order valence-corrected chi connectivity index (χ2v) is 2.71. The van der Waals surface area contributed by atoms with E-state index in [4.69, 9.17) is 4.74 Å². The molecule has 0 aromatic carbocycles. The van der Waals surface area contributed by atoms with E-state index < -0.39 is 0 Å². The number of rotatable bonds is 4. The molecule has 0 bridgehead atoms. The van der Waals surface area contributed by atoms with Gasteiger partial charge >= 0.3 is 5.97 Å². The zero-order chi connectivity index (χ0) is 8.69. The summed E-state index contributed by atoms with van der Waals surface area (Å²) in [5.74, 6) is -0.131. The molecular weight excluding hydrogens is 140 g/mol. The Kier molecular flexibility index (Phi) is 5.53. The number of allylic oxidation sites excluding steroid dienone is 1. The first-order valence-electron chi connectivity index (χ1n) is 3.95. The van der Waals surface area contributed by atoms with Crippen molar-refractivity contribution >= 4 is 5.97 Å². The molecule has 0 amide bonds. The third-order valence-corrected chi connectivity index (χ3v) is 1.14. The third kappa shape index (κ3) is 7.10. The van der Waals surface area contributed by atoms with Crippen LogP contribution in [0.1, 0.15) is 33.6 Å². The van der Waals surface area contributed by atoms with E-state index in [2.05, 4.69) is 0 Å². The van der Waals surface area contributed by atoms with Crippen LogP contribution in [0, 0.1) is 0 Å². The lowest BCUT2D eigenvalue weighted by atomic mass is 10.3. The smallest absolute Gasteiger partial charge is 0.309 e. The van der Waals surface area contributed by atoms with Gasteiger partial charge in [-0.25, -0.2) is 0 Å². The van der Waals surface area contributed by atoms with Gasteiger partial charge < -0.3 is 4.74 Å². The van der Waals surface area contributed by atoms with Crippen molar-refractivity contribution in [2.45, 2.75) is 33.6 Å². The van der Waals surface area contributed by atoms with Gasteiger partial charge in [0.2, 0.25) is 0 Å². The number of carbonyl (C=O) groups is 1. The summed E-state index contributed by atoms with van der Waals surface area (Å²) in [5, 5.41) is 0. The van der Waals surface area contributed by atoms with Gasteiger partial charge in [0.1, 0.15) is 0 Å². The molecule has 64 valence electrons. The molecule has 0 heterocycles. The van der Waals surface area contributed by atoms with Gasteiger partial charge in [0, 0.05) is 0 Å². The molecule has 0 spiro atoms. The lowest BCUT2D eigenvalue weighted by Gasteiger charge is -1.99. The largest absolute Gasteiger partial charge is 0.465 e. The summed E-state index contributed by atoms with van der Waals surface area (Å²) in [6, 6.07) is 0. The predicted molar refractivity (Wildman–Crippen MR) is 45.3 cm³/mol. The van der Waals surface area contributed by atoms with E-state index in [9.17, 15) is 4.79 Å². The van der Waals surface area contributed by atoms with Crippen LogP contribution in [0.25, 0.3) is 0 Å². The molecular formula is C9H16O2. The number of ether oxygens (including phenoxy) is 1. The van der Waals surface area contributed by atoms with Gasteiger partial charge in [-0.1, -0.05) is 18.6 Å². The van der Waals surface area contributed by atoms with E-state index in [0.717, 1.165) is 12.0 Å². The predicted octanol–water partition coefficient (Wildman–Crippen LogP) is 2.30. The Morgan fingerprint density at radius 1 is 1.45 bits per heavy atom. The van der Waals surface area contributed by atoms with E-state index in [-0.39, 0.29) is 5.97 Å². The SMILES string of the molecule is CCCOC(=O)CC=C(C)C. The Balaban J connectivity index is 3.45. The maximum Gasteiger partial charge on any atom is 0.309 e. The monoisotopic (exact) mass is 156 g/mol. The standard InChI is InChI=1S/C9H16O2/c1-4-7-11-9(10)6-5-8(2)3/h5H,4,6-7H2,1-3H3. The molecule has 0 saturated carbocycles. The molecule has 0 aliphatic carbocycles. The van der Waals surface area contributed by atoms with Gasteiger partial charge in [-0.15, -0.1) is 0 Å².